The van der Waals surface area contributed by atoms with Gasteiger partial charge in [-0.2, -0.15) is 0 Å². The van der Waals surface area contributed by atoms with E-state index in [1.807, 2.05) is 24.3 Å². The molecule has 3 amide bonds. The number of anilines is 3. The minimum Gasteiger partial charge on any atom is -0.454 e. The number of fused-ring (bicyclic) bond motifs is 2. The Hall–Kier alpha value is -4.33. The average molecular weight is 443 g/mol. The van der Waals surface area contributed by atoms with Crippen LogP contribution in [0, 0.1) is 0 Å². The summed E-state index contributed by atoms with van der Waals surface area (Å²) < 4.78 is 10.7. The average Bonchev–Trinajstić information content (AvgIpc) is 3.30. The molecule has 33 heavy (non-hydrogen) atoms. The molecule has 3 aromatic carbocycles. The summed E-state index contributed by atoms with van der Waals surface area (Å²) in [5.74, 6) is 0.758. The van der Waals surface area contributed by atoms with Gasteiger partial charge in [-0.15, -0.1) is 0 Å². The summed E-state index contributed by atoms with van der Waals surface area (Å²) in [5, 5.41) is 5.62. The normalized spacial score (nSPS) is 13.8. The predicted octanol–water partition coefficient (Wildman–Crippen LogP) is 3.59. The van der Waals surface area contributed by atoms with Gasteiger partial charge in [-0.05, 0) is 60.5 Å². The number of aryl methyl sites for hydroxylation is 1. The Morgan fingerprint density at radius 3 is 2.61 bits per heavy atom. The van der Waals surface area contributed by atoms with Crippen LogP contribution in [0.4, 0.5) is 17.1 Å². The molecule has 0 radical (unpaired) electrons. The van der Waals surface area contributed by atoms with E-state index >= 15 is 0 Å². The zero-order chi connectivity index (χ0) is 22.8. The second-order valence-electron chi connectivity index (χ2n) is 7.77. The molecule has 2 N–H and O–H groups in total. The summed E-state index contributed by atoms with van der Waals surface area (Å²) in [6.45, 7) is 0.170. The molecule has 2 heterocycles. The molecule has 0 aromatic heterocycles. The SMILES string of the molecule is O=C(CCc1ccc2c(c1)OCO2)Nc1ccc(C(=O)N2CC(=O)Nc3ccccc32)cc1. The van der Waals surface area contributed by atoms with Crippen molar-refractivity contribution in [3.63, 3.8) is 0 Å². The first-order chi connectivity index (χ1) is 16.1. The summed E-state index contributed by atoms with van der Waals surface area (Å²) in [7, 11) is 0. The van der Waals surface area contributed by atoms with Crippen LogP contribution in [0.15, 0.2) is 66.7 Å². The molecule has 0 saturated heterocycles. The van der Waals surface area contributed by atoms with Gasteiger partial charge < -0.3 is 20.1 Å². The molecule has 0 aliphatic carbocycles. The number of rotatable bonds is 5. The topological polar surface area (TPSA) is 97.0 Å². The molecule has 166 valence electrons. The van der Waals surface area contributed by atoms with E-state index in [1.165, 1.54) is 4.90 Å². The lowest BCUT2D eigenvalue weighted by Gasteiger charge is -2.29. The third kappa shape index (κ3) is 4.36. The van der Waals surface area contributed by atoms with Crippen LogP contribution >= 0.6 is 0 Å². The van der Waals surface area contributed by atoms with E-state index in [-0.39, 0.29) is 31.1 Å². The van der Waals surface area contributed by atoms with E-state index in [4.69, 9.17) is 9.47 Å². The Bertz CT molecular complexity index is 1240. The van der Waals surface area contributed by atoms with Crippen LogP contribution in [0.1, 0.15) is 22.3 Å². The highest BCUT2D eigenvalue weighted by molar-refractivity contribution is 6.15. The molecule has 8 nitrogen and oxygen atoms in total. The third-order valence-electron chi connectivity index (χ3n) is 5.51. The van der Waals surface area contributed by atoms with Gasteiger partial charge >= 0.3 is 0 Å². The Labute approximate surface area is 190 Å². The number of nitrogens with zero attached hydrogens (tertiary/aromatic N) is 1. The summed E-state index contributed by atoms with van der Waals surface area (Å²) in [5.41, 5.74) is 3.27. The highest BCUT2D eigenvalue weighted by Gasteiger charge is 2.27. The highest BCUT2D eigenvalue weighted by Crippen LogP contribution is 2.33. The molecular weight excluding hydrogens is 422 g/mol. The molecule has 5 rings (SSSR count). The molecule has 2 aliphatic heterocycles. The Morgan fingerprint density at radius 2 is 1.76 bits per heavy atom. The fraction of sp³-hybridized carbons (Fsp3) is 0.160. The summed E-state index contributed by atoms with van der Waals surface area (Å²) in [6.07, 6.45) is 0.871. The summed E-state index contributed by atoms with van der Waals surface area (Å²) in [6, 6.07) is 19.5. The lowest BCUT2D eigenvalue weighted by atomic mass is 10.1. The predicted molar refractivity (Wildman–Crippen MR) is 123 cm³/mol. The first-order valence-electron chi connectivity index (χ1n) is 10.6. The maximum atomic E-state index is 13.0. The number of hydrogen-bond donors (Lipinski definition) is 2. The fourth-order valence-electron chi connectivity index (χ4n) is 3.84. The van der Waals surface area contributed by atoms with E-state index in [0.717, 1.165) is 5.56 Å². The smallest absolute Gasteiger partial charge is 0.258 e. The van der Waals surface area contributed by atoms with E-state index in [0.29, 0.717) is 47.0 Å². The van der Waals surface area contributed by atoms with Crippen molar-refractivity contribution < 1.29 is 23.9 Å². The Balaban J connectivity index is 1.20. The number of nitrogens with one attached hydrogen (secondary N) is 2. The van der Waals surface area contributed by atoms with E-state index in [2.05, 4.69) is 10.6 Å². The van der Waals surface area contributed by atoms with Gasteiger partial charge in [0.05, 0.1) is 11.4 Å². The van der Waals surface area contributed by atoms with Crippen LogP contribution in [0.3, 0.4) is 0 Å². The van der Waals surface area contributed by atoms with Crippen LogP contribution in [-0.2, 0) is 16.0 Å². The number of benzene rings is 3. The number of carbonyl (C=O) groups is 3. The van der Waals surface area contributed by atoms with Gasteiger partial charge in [-0.25, -0.2) is 0 Å². The van der Waals surface area contributed by atoms with Crippen molar-refractivity contribution in [1.29, 1.82) is 0 Å². The van der Waals surface area contributed by atoms with Crippen molar-refractivity contribution >= 4 is 34.8 Å². The van der Waals surface area contributed by atoms with Crippen molar-refractivity contribution in [2.75, 3.05) is 28.9 Å². The molecule has 8 heteroatoms. The molecule has 0 unspecified atom stereocenters. The third-order valence-corrected chi connectivity index (χ3v) is 5.51. The van der Waals surface area contributed by atoms with Gasteiger partial charge in [0.2, 0.25) is 18.6 Å². The highest BCUT2D eigenvalue weighted by atomic mass is 16.7. The standard InChI is InChI=1S/C25H21N3O5/c29-23(12-6-16-5-11-21-22(13-16)33-15-32-21)26-18-9-7-17(8-10-18)25(31)28-14-24(30)27-19-3-1-2-4-20(19)28/h1-5,7-11,13H,6,12,14-15H2,(H,26,29)(H,27,30). The monoisotopic (exact) mass is 443 g/mol. The lowest BCUT2D eigenvalue weighted by Crippen LogP contribution is -2.42. The minimum atomic E-state index is -0.280. The van der Waals surface area contributed by atoms with Gasteiger partial charge in [-0.3, -0.25) is 19.3 Å². The first kappa shape index (κ1) is 20.6. The van der Waals surface area contributed by atoms with Crippen molar-refractivity contribution in [3.8, 4) is 11.5 Å². The molecule has 0 fully saturated rings. The van der Waals surface area contributed by atoms with Crippen molar-refractivity contribution in [3.05, 3.63) is 77.9 Å². The van der Waals surface area contributed by atoms with Crippen LogP contribution in [0.5, 0.6) is 11.5 Å². The van der Waals surface area contributed by atoms with E-state index in [9.17, 15) is 14.4 Å². The number of carbonyl (C=O) groups excluding carboxylic acids is 3. The van der Waals surface area contributed by atoms with Crippen molar-refractivity contribution in [2.45, 2.75) is 12.8 Å². The second-order valence-corrected chi connectivity index (χ2v) is 7.77. The Morgan fingerprint density at radius 1 is 0.970 bits per heavy atom. The van der Waals surface area contributed by atoms with Crippen LogP contribution in [0.25, 0.3) is 0 Å². The number of amides is 3. The van der Waals surface area contributed by atoms with Crippen LogP contribution in [0.2, 0.25) is 0 Å². The zero-order valence-electron chi connectivity index (χ0n) is 17.7. The molecule has 0 bridgehead atoms. The van der Waals surface area contributed by atoms with Crippen LogP contribution < -0.4 is 25.0 Å². The molecule has 3 aromatic rings. The fourth-order valence-corrected chi connectivity index (χ4v) is 3.84. The summed E-state index contributed by atoms with van der Waals surface area (Å²) in [4.78, 5) is 38.8. The van der Waals surface area contributed by atoms with Crippen molar-refractivity contribution in [2.24, 2.45) is 0 Å². The zero-order valence-corrected chi connectivity index (χ0v) is 17.7. The molecule has 0 spiro atoms. The molecule has 0 saturated carbocycles. The largest absolute Gasteiger partial charge is 0.454 e. The van der Waals surface area contributed by atoms with Gasteiger partial charge in [0.25, 0.3) is 5.91 Å². The summed E-state index contributed by atoms with van der Waals surface area (Å²) >= 11 is 0. The van der Waals surface area contributed by atoms with Gasteiger partial charge in [0.15, 0.2) is 11.5 Å². The van der Waals surface area contributed by atoms with E-state index < -0.39 is 0 Å². The molecule has 0 atom stereocenters. The number of para-hydroxylation sites is 2. The molecule has 2 aliphatic rings. The Kier molecular flexibility index (Phi) is 5.40. The second kappa shape index (κ2) is 8.66. The quantitative estimate of drug-likeness (QED) is 0.628. The van der Waals surface area contributed by atoms with E-state index in [1.54, 1.807) is 42.5 Å². The maximum Gasteiger partial charge on any atom is 0.258 e. The maximum absolute atomic E-state index is 13.0. The van der Waals surface area contributed by atoms with Crippen molar-refractivity contribution in [1.82, 2.24) is 0 Å². The van der Waals surface area contributed by atoms with Crippen LogP contribution in [-0.4, -0.2) is 31.1 Å². The van der Waals surface area contributed by atoms with Gasteiger partial charge in [-0.1, -0.05) is 18.2 Å². The first-order valence-corrected chi connectivity index (χ1v) is 10.6. The lowest BCUT2D eigenvalue weighted by molar-refractivity contribution is -0.116. The number of ether oxygens (including phenoxy) is 2. The van der Waals surface area contributed by atoms with Gasteiger partial charge in [0, 0.05) is 17.7 Å². The molecular formula is C25H21N3O5. The minimum absolute atomic E-state index is 0.0474. The number of hydrogen-bond acceptors (Lipinski definition) is 5. The van der Waals surface area contributed by atoms with Gasteiger partial charge in [0.1, 0.15) is 6.54 Å².